The van der Waals surface area contributed by atoms with E-state index in [9.17, 15) is 9.59 Å². The van der Waals surface area contributed by atoms with Gasteiger partial charge in [0.25, 0.3) is 0 Å². The Morgan fingerprint density at radius 2 is 1.89 bits per heavy atom. The zero-order valence-electron chi connectivity index (χ0n) is 20.1. The Morgan fingerprint density at radius 3 is 2.51 bits per heavy atom. The molecular weight excluding hydrogens is 464 g/mol. The molecule has 3 aromatic rings. The second-order valence-electron chi connectivity index (χ2n) is 8.26. The Hall–Kier alpha value is -3.72. The summed E-state index contributed by atoms with van der Waals surface area (Å²) in [5, 5.41) is 3.84. The smallest absolute Gasteiger partial charge is 0.337 e. The van der Waals surface area contributed by atoms with Gasteiger partial charge in [0, 0.05) is 23.3 Å². The summed E-state index contributed by atoms with van der Waals surface area (Å²) in [6.45, 7) is 6.18. The van der Waals surface area contributed by atoms with Gasteiger partial charge in [-0.05, 0) is 81.0 Å². The number of benzene rings is 1. The number of hydrogen-bond donors (Lipinski definition) is 1. The summed E-state index contributed by atoms with van der Waals surface area (Å²) in [7, 11) is 1.36. The van der Waals surface area contributed by atoms with Crippen LogP contribution in [0, 0.1) is 13.8 Å². The van der Waals surface area contributed by atoms with Crippen LogP contribution in [0.4, 0.5) is 0 Å². The van der Waals surface area contributed by atoms with Gasteiger partial charge in [-0.25, -0.2) is 4.79 Å². The van der Waals surface area contributed by atoms with Crippen molar-refractivity contribution in [3.05, 3.63) is 82.9 Å². The molecule has 0 amide bonds. The van der Waals surface area contributed by atoms with E-state index in [1.807, 2.05) is 49.1 Å². The normalized spacial score (nSPS) is 17.3. The molecule has 4 rings (SSSR count). The summed E-state index contributed by atoms with van der Waals surface area (Å²) in [5.41, 5.74) is 5.26. The van der Waals surface area contributed by atoms with Gasteiger partial charge < -0.3 is 24.3 Å². The van der Waals surface area contributed by atoms with Gasteiger partial charge >= 0.3 is 11.9 Å². The first-order chi connectivity index (χ1) is 16.8. The van der Waals surface area contributed by atoms with Crippen LogP contribution in [0.2, 0.25) is 0 Å². The highest BCUT2D eigenvalue weighted by Gasteiger charge is 2.42. The molecule has 1 aromatic carbocycles. The van der Waals surface area contributed by atoms with Crippen molar-refractivity contribution in [1.29, 1.82) is 0 Å². The first-order valence-electron chi connectivity index (χ1n) is 11.4. The van der Waals surface area contributed by atoms with Gasteiger partial charge in [-0.2, -0.15) is 0 Å². The van der Waals surface area contributed by atoms with Crippen molar-refractivity contribution >= 4 is 29.3 Å². The molecule has 1 N–H and O–H groups in total. The quantitative estimate of drug-likeness (QED) is 0.394. The van der Waals surface area contributed by atoms with Gasteiger partial charge in [0.15, 0.2) is 5.11 Å². The lowest BCUT2D eigenvalue weighted by Crippen LogP contribution is -2.35. The van der Waals surface area contributed by atoms with Crippen LogP contribution in [0.3, 0.4) is 0 Å². The fourth-order valence-electron chi connectivity index (χ4n) is 4.61. The molecule has 9 heteroatoms. The number of hydrogen-bond acceptors (Lipinski definition) is 6. The molecule has 1 aliphatic rings. The number of aromatic nitrogens is 2. The van der Waals surface area contributed by atoms with Crippen LogP contribution < -0.4 is 5.32 Å². The molecule has 1 fully saturated rings. The first-order valence-corrected chi connectivity index (χ1v) is 11.8. The molecule has 0 bridgehead atoms. The minimum absolute atomic E-state index is 0.0329. The van der Waals surface area contributed by atoms with E-state index in [2.05, 4.69) is 20.9 Å². The number of carbonyl (C=O) groups is 2. The molecule has 0 unspecified atom stereocenters. The van der Waals surface area contributed by atoms with Crippen LogP contribution in [0.5, 0.6) is 0 Å². The van der Waals surface area contributed by atoms with Crippen molar-refractivity contribution in [3.63, 3.8) is 0 Å². The number of carbonyl (C=O) groups excluding carboxylic acids is 2. The summed E-state index contributed by atoms with van der Waals surface area (Å²) < 4.78 is 12.2. The van der Waals surface area contributed by atoms with Crippen LogP contribution in [0.1, 0.15) is 52.0 Å². The van der Waals surface area contributed by atoms with Crippen molar-refractivity contribution in [3.8, 4) is 5.69 Å². The van der Waals surface area contributed by atoms with Gasteiger partial charge in [-0.3, -0.25) is 9.78 Å². The highest BCUT2D eigenvalue weighted by Crippen LogP contribution is 2.41. The molecule has 2 atom stereocenters. The largest absolute Gasteiger partial charge is 0.465 e. The maximum absolute atomic E-state index is 12.4. The van der Waals surface area contributed by atoms with E-state index in [-0.39, 0.29) is 30.6 Å². The van der Waals surface area contributed by atoms with Crippen molar-refractivity contribution < 1.29 is 19.1 Å². The zero-order valence-corrected chi connectivity index (χ0v) is 21.0. The fraction of sp³-hybridized carbons (Fsp3) is 0.308. The standard InChI is InChI=1S/C26H28N4O4S/c1-5-34-22(31)15-29-24(23(28-26(29)35)21-8-6-7-13-27-21)20-14-16(2)30(17(20)3)19-11-9-18(10-12-19)25(32)33-4/h6-14,23-24H,5,15H2,1-4H3,(H,28,35)/t23-,24+/m1/s1. The minimum Gasteiger partial charge on any atom is -0.465 e. The summed E-state index contributed by atoms with van der Waals surface area (Å²) in [6.07, 6.45) is 1.75. The molecule has 0 radical (unpaired) electrons. The molecule has 8 nitrogen and oxygen atoms in total. The number of nitrogens with one attached hydrogen (secondary N) is 1. The van der Waals surface area contributed by atoms with E-state index in [1.165, 1.54) is 7.11 Å². The predicted octanol–water partition coefficient (Wildman–Crippen LogP) is 3.81. The monoisotopic (exact) mass is 492 g/mol. The third-order valence-electron chi connectivity index (χ3n) is 6.14. The van der Waals surface area contributed by atoms with E-state index in [1.54, 1.807) is 25.3 Å². The molecule has 3 heterocycles. The Balaban J connectivity index is 1.77. The molecule has 35 heavy (non-hydrogen) atoms. The number of aryl methyl sites for hydroxylation is 1. The second kappa shape index (κ2) is 10.3. The maximum atomic E-state index is 12.4. The summed E-state index contributed by atoms with van der Waals surface area (Å²) >= 11 is 5.65. The van der Waals surface area contributed by atoms with Crippen molar-refractivity contribution in [2.75, 3.05) is 20.3 Å². The number of nitrogens with zero attached hydrogens (tertiary/aromatic N) is 3. The molecule has 182 valence electrons. The number of esters is 2. The van der Waals surface area contributed by atoms with E-state index in [4.69, 9.17) is 21.7 Å². The lowest BCUT2D eigenvalue weighted by atomic mass is 9.97. The lowest BCUT2D eigenvalue weighted by Gasteiger charge is -2.27. The van der Waals surface area contributed by atoms with Crippen LogP contribution >= 0.6 is 12.2 Å². The first kappa shape index (κ1) is 24.4. The third-order valence-corrected chi connectivity index (χ3v) is 6.49. The van der Waals surface area contributed by atoms with Gasteiger partial charge in [0.05, 0.1) is 37.1 Å². The van der Waals surface area contributed by atoms with E-state index in [0.717, 1.165) is 28.3 Å². The fourth-order valence-corrected chi connectivity index (χ4v) is 4.91. The minimum atomic E-state index is -0.378. The number of ether oxygens (including phenoxy) is 2. The predicted molar refractivity (Wildman–Crippen MR) is 135 cm³/mol. The highest BCUT2D eigenvalue weighted by molar-refractivity contribution is 7.80. The molecule has 1 aliphatic heterocycles. The summed E-state index contributed by atoms with van der Waals surface area (Å²) in [5.74, 6) is -0.716. The number of pyridine rings is 1. The van der Waals surface area contributed by atoms with Crippen LogP contribution in [-0.4, -0.2) is 51.8 Å². The molecule has 0 saturated carbocycles. The topological polar surface area (TPSA) is 85.7 Å². The molecule has 2 aromatic heterocycles. The summed E-state index contributed by atoms with van der Waals surface area (Å²) in [6, 6.07) is 14.6. The van der Waals surface area contributed by atoms with Gasteiger partial charge in [0.2, 0.25) is 0 Å². The van der Waals surface area contributed by atoms with E-state index in [0.29, 0.717) is 17.3 Å². The van der Waals surface area contributed by atoms with Crippen LogP contribution in [-0.2, 0) is 14.3 Å². The summed E-state index contributed by atoms with van der Waals surface area (Å²) in [4.78, 5) is 30.7. The SMILES string of the molecule is CCOC(=O)CN1C(=S)N[C@H](c2ccccn2)[C@@H]1c1cc(C)n(-c2ccc(C(=O)OC)cc2)c1C. The molecule has 0 spiro atoms. The lowest BCUT2D eigenvalue weighted by molar-refractivity contribution is -0.143. The average molecular weight is 493 g/mol. The number of rotatable bonds is 7. The van der Waals surface area contributed by atoms with Crippen LogP contribution in [0.25, 0.3) is 5.69 Å². The molecular formula is C26H28N4O4S. The van der Waals surface area contributed by atoms with Crippen molar-refractivity contribution in [2.45, 2.75) is 32.9 Å². The Labute approximate surface area is 209 Å². The molecule has 0 aliphatic carbocycles. The zero-order chi connectivity index (χ0) is 25.1. The van der Waals surface area contributed by atoms with Gasteiger partial charge in [-0.1, -0.05) is 6.07 Å². The Morgan fingerprint density at radius 1 is 1.14 bits per heavy atom. The van der Waals surface area contributed by atoms with E-state index >= 15 is 0 Å². The van der Waals surface area contributed by atoms with Gasteiger partial charge in [0.1, 0.15) is 6.54 Å². The van der Waals surface area contributed by atoms with Crippen molar-refractivity contribution in [2.24, 2.45) is 0 Å². The Bertz CT molecular complexity index is 1240. The molecule has 1 saturated heterocycles. The van der Waals surface area contributed by atoms with Crippen LogP contribution in [0.15, 0.2) is 54.7 Å². The van der Waals surface area contributed by atoms with E-state index < -0.39 is 0 Å². The average Bonchev–Trinajstić information content (AvgIpc) is 3.34. The van der Waals surface area contributed by atoms with Crippen molar-refractivity contribution in [1.82, 2.24) is 19.8 Å². The second-order valence-corrected chi connectivity index (χ2v) is 8.65. The van der Waals surface area contributed by atoms with Gasteiger partial charge in [-0.15, -0.1) is 0 Å². The third kappa shape index (κ3) is 4.77. The highest BCUT2D eigenvalue weighted by atomic mass is 32.1. The maximum Gasteiger partial charge on any atom is 0.337 e. The Kier molecular flexibility index (Phi) is 7.16. The number of methoxy groups -OCH3 is 1. The number of thiocarbonyl (C=S) groups is 1.